The first-order valence-electron chi connectivity index (χ1n) is 7.59. The fourth-order valence-electron chi connectivity index (χ4n) is 2.23. The van der Waals surface area contributed by atoms with Crippen LogP contribution in [0.2, 0.25) is 0 Å². The lowest BCUT2D eigenvalue weighted by Gasteiger charge is -2.05. The van der Waals surface area contributed by atoms with Crippen molar-refractivity contribution in [2.24, 2.45) is 0 Å². The lowest BCUT2D eigenvalue weighted by molar-refractivity contribution is -0.272. The van der Waals surface area contributed by atoms with E-state index in [9.17, 15) is 4.79 Å². The molecule has 0 spiro atoms. The molecule has 0 heterocycles. The van der Waals surface area contributed by atoms with Crippen LogP contribution in [-0.4, -0.2) is 12.6 Å². The number of aryl methyl sites for hydroxylation is 1. The summed E-state index contributed by atoms with van der Waals surface area (Å²) in [6, 6.07) is 15.0. The number of carbonyl (C=O) groups is 1. The lowest BCUT2D eigenvalue weighted by atomic mass is 10.0. The van der Waals surface area contributed by atoms with Crippen molar-refractivity contribution < 1.29 is 14.6 Å². The largest absolute Gasteiger partial charge is 0.342 e. The molecule has 21 heavy (non-hydrogen) atoms. The van der Waals surface area contributed by atoms with Crippen LogP contribution in [0.5, 0.6) is 0 Å². The van der Waals surface area contributed by atoms with Gasteiger partial charge in [-0.25, -0.2) is 4.79 Å². The Kier molecular flexibility index (Phi) is 6.22. The monoisotopic (exact) mass is 286 g/mol. The van der Waals surface area contributed by atoms with E-state index in [0.717, 1.165) is 25.7 Å². The van der Waals surface area contributed by atoms with Crippen molar-refractivity contribution in [1.29, 1.82) is 0 Å². The summed E-state index contributed by atoms with van der Waals surface area (Å²) in [5.74, 6) is -0.314. The van der Waals surface area contributed by atoms with Gasteiger partial charge in [0.2, 0.25) is 0 Å². The fraction of sp³-hybridized carbons (Fsp3) is 0.389. The van der Waals surface area contributed by atoms with E-state index in [-0.39, 0.29) is 5.97 Å². The van der Waals surface area contributed by atoms with Crippen LogP contribution in [0.15, 0.2) is 42.5 Å². The summed E-state index contributed by atoms with van der Waals surface area (Å²) in [5.41, 5.74) is 1.37. The molecule has 0 bridgehead atoms. The lowest BCUT2D eigenvalue weighted by Crippen LogP contribution is -2.04. The molecular formula is C18H22O3. The van der Waals surface area contributed by atoms with Crippen LogP contribution in [0.25, 0.3) is 10.8 Å². The molecule has 2 aromatic carbocycles. The maximum absolute atomic E-state index is 10.8. The minimum atomic E-state index is -0.314. The summed E-state index contributed by atoms with van der Waals surface area (Å²) in [4.78, 5) is 20.3. The topological polar surface area (TPSA) is 35.5 Å². The van der Waals surface area contributed by atoms with Gasteiger partial charge in [0, 0.05) is 6.42 Å². The van der Waals surface area contributed by atoms with Crippen LogP contribution in [0, 0.1) is 0 Å². The highest BCUT2D eigenvalue weighted by Crippen LogP contribution is 2.17. The number of hydrogen-bond acceptors (Lipinski definition) is 3. The zero-order chi connectivity index (χ0) is 14.9. The van der Waals surface area contributed by atoms with E-state index in [1.165, 1.54) is 16.3 Å². The summed E-state index contributed by atoms with van der Waals surface area (Å²) in [6.07, 6.45) is 4.51. The van der Waals surface area contributed by atoms with Gasteiger partial charge in [-0.2, -0.15) is 4.89 Å². The van der Waals surface area contributed by atoms with Gasteiger partial charge in [0.25, 0.3) is 0 Å². The SMILES string of the molecule is CCC(=O)OOCCCCCc1ccc2ccccc2c1. The Morgan fingerprint density at radius 3 is 2.62 bits per heavy atom. The third-order valence-corrected chi connectivity index (χ3v) is 3.45. The molecule has 0 saturated heterocycles. The highest BCUT2D eigenvalue weighted by Gasteiger charge is 2.00. The molecule has 0 radical (unpaired) electrons. The summed E-state index contributed by atoms with van der Waals surface area (Å²) < 4.78 is 0. The Balaban J connectivity index is 1.65. The van der Waals surface area contributed by atoms with Crippen molar-refractivity contribution in [2.45, 2.75) is 39.0 Å². The number of rotatable bonds is 8. The molecule has 0 atom stereocenters. The predicted molar refractivity (Wildman–Crippen MR) is 83.8 cm³/mol. The van der Waals surface area contributed by atoms with E-state index in [2.05, 4.69) is 47.4 Å². The highest BCUT2D eigenvalue weighted by molar-refractivity contribution is 5.82. The summed E-state index contributed by atoms with van der Waals surface area (Å²) >= 11 is 0. The van der Waals surface area contributed by atoms with Crippen molar-refractivity contribution in [3.8, 4) is 0 Å². The van der Waals surface area contributed by atoms with Gasteiger partial charge in [0.1, 0.15) is 0 Å². The Labute approximate surface area is 125 Å². The first-order chi connectivity index (χ1) is 10.3. The number of hydrogen-bond donors (Lipinski definition) is 0. The zero-order valence-corrected chi connectivity index (χ0v) is 12.5. The van der Waals surface area contributed by atoms with Crippen LogP contribution < -0.4 is 0 Å². The molecule has 0 aromatic heterocycles. The van der Waals surface area contributed by atoms with E-state index >= 15 is 0 Å². The second kappa shape index (κ2) is 8.42. The number of benzene rings is 2. The maximum Gasteiger partial charge on any atom is 0.342 e. The van der Waals surface area contributed by atoms with Crippen molar-refractivity contribution in [3.05, 3.63) is 48.0 Å². The predicted octanol–water partition coefficient (Wildman–Crippen LogP) is 4.44. The average molecular weight is 286 g/mol. The number of carbonyl (C=O) groups excluding carboxylic acids is 1. The Morgan fingerprint density at radius 1 is 1.00 bits per heavy atom. The molecule has 112 valence electrons. The molecule has 2 rings (SSSR count). The van der Waals surface area contributed by atoms with Gasteiger partial charge in [0.05, 0.1) is 6.61 Å². The Bertz CT molecular complexity index is 577. The van der Waals surface area contributed by atoms with E-state index in [1.54, 1.807) is 6.92 Å². The van der Waals surface area contributed by atoms with Gasteiger partial charge < -0.3 is 0 Å². The molecule has 0 unspecified atom stereocenters. The minimum absolute atomic E-state index is 0.314. The van der Waals surface area contributed by atoms with Crippen LogP contribution >= 0.6 is 0 Å². The van der Waals surface area contributed by atoms with E-state index in [1.807, 2.05) is 0 Å². The van der Waals surface area contributed by atoms with Gasteiger partial charge in [-0.3, -0.25) is 4.89 Å². The zero-order valence-electron chi connectivity index (χ0n) is 12.5. The molecule has 0 N–H and O–H groups in total. The first-order valence-corrected chi connectivity index (χ1v) is 7.59. The van der Waals surface area contributed by atoms with Gasteiger partial charge >= 0.3 is 5.97 Å². The second-order valence-corrected chi connectivity index (χ2v) is 5.12. The van der Waals surface area contributed by atoms with Gasteiger partial charge in [-0.1, -0.05) is 55.8 Å². The minimum Gasteiger partial charge on any atom is -0.298 e. The van der Waals surface area contributed by atoms with Crippen LogP contribution in [-0.2, 0) is 21.0 Å². The van der Waals surface area contributed by atoms with E-state index in [4.69, 9.17) is 4.89 Å². The van der Waals surface area contributed by atoms with Gasteiger partial charge in [0.15, 0.2) is 0 Å². The Hall–Kier alpha value is -1.87. The van der Waals surface area contributed by atoms with Crippen LogP contribution in [0.1, 0.15) is 38.2 Å². The van der Waals surface area contributed by atoms with Crippen LogP contribution in [0.4, 0.5) is 0 Å². The first kappa shape index (κ1) is 15.5. The molecule has 0 amide bonds. The Morgan fingerprint density at radius 2 is 1.81 bits per heavy atom. The summed E-state index contributed by atoms with van der Waals surface area (Å²) in [5, 5.41) is 2.58. The molecule has 0 aliphatic heterocycles. The normalized spacial score (nSPS) is 10.7. The molecule has 0 saturated carbocycles. The number of fused-ring (bicyclic) bond motifs is 1. The smallest absolute Gasteiger partial charge is 0.298 e. The maximum atomic E-state index is 10.8. The van der Waals surface area contributed by atoms with Gasteiger partial charge in [-0.15, -0.1) is 0 Å². The molecular weight excluding hydrogens is 264 g/mol. The van der Waals surface area contributed by atoms with E-state index < -0.39 is 0 Å². The second-order valence-electron chi connectivity index (χ2n) is 5.12. The molecule has 0 fully saturated rings. The van der Waals surface area contributed by atoms with Gasteiger partial charge in [-0.05, 0) is 35.6 Å². The standard InChI is InChI=1S/C18H22O3/c1-2-18(19)21-20-13-7-3-4-8-15-11-12-16-9-5-6-10-17(16)14-15/h5-6,9-12,14H,2-4,7-8,13H2,1H3. The molecule has 0 aliphatic carbocycles. The third-order valence-electron chi connectivity index (χ3n) is 3.45. The molecule has 0 aliphatic rings. The molecule has 2 aromatic rings. The van der Waals surface area contributed by atoms with Crippen molar-refractivity contribution in [3.63, 3.8) is 0 Å². The average Bonchev–Trinajstić information content (AvgIpc) is 2.53. The third kappa shape index (κ3) is 5.20. The van der Waals surface area contributed by atoms with Crippen molar-refractivity contribution >= 4 is 16.7 Å². The highest BCUT2D eigenvalue weighted by atomic mass is 17.2. The summed E-state index contributed by atoms with van der Waals surface area (Å²) in [7, 11) is 0. The van der Waals surface area contributed by atoms with Crippen LogP contribution in [0.3, 0.4) is 0 Å². The quantitative estimate of drug-likeness (QED) is 0.409. The number of unbranched alkanes of at least 4 members (excludes halogenated alkanes) is 2. The van der Waals surface area contributed by atoms with Crippen molar-refractivity contribution in [2.75, 3.05) is 6.61 Å². The van der Waals surface area contributed by atoms with E-state index in [0.29, 0.717) is 13.0 Å². The molecule has 3 heteroatoms. The molecule has 3 nitrogen and oxygen atoms in total. The van der Waals surface area contributed by atoms with Crippen molar-refractivity contribution in [1.82, 2.24) is 0 Å². The summed E-state index contributed by atoms with van der Waals surface area (Å²) in [6.45, 7) is 2.22. The fourth-order valence-corrected chi connectivity index (χ4v) is 2.23.